The molecule has 0 bridgehead atoms. The van der Waals surface area contributed by atoms with E-state index in [1.165, 1.54) is 38.1 Å². The first-order chi connectivity index (χ1) is 10.4. The molecule has 0 aromatic heterocycles. The van der Waals surface area contributed by atoms with Crippen LogP contribution in [-0.4, -0.2) is 21.5 Å². The molecule has 0 amide bonds. The van der Waals surface area contributed by atoms with E-state index in [2.05, 4.69) is 10.0 Å². The molecule has 23 heavy (non-hydrogen) atoms. The van der Waals surface area contributed by atoms with Crippen molar-refractivity contribution in [3.8, 4) is 0 Å². The Morgan fingerprint density at radius 3 is 2.35 bits per heavy atom. The number of hydrogen-bond acceptors (Lipinski definition) is 2. The van der Waals surface area contributed by atoms with Gasteiger partial charge in [-0.05, 0) is 0 Å². The number of benzene rings is 1. The summed E-state index contributed by atoms with van der Waals surface area (Å²) < 4.78 is 51.6. The quantitative estimate of drug-likeness (QED) is 0.138. The van der Waals surface area contributed by atoms with Crippen LogP contribution in [-0.2, 0) is 5.60 Å². The van der Waals surface area contributed by atoms with E-state index >= 15 is 0 Å². The maximum absolute atomic E-state index is 14.2. The van der Waals surface area contributed by atoms with Gasteiger partial charge in [0.2, 0.25) is 0 Å². The third kappa shape index (κ3) is 4.62. The Labute approximate surface area is 141 Å². The van der Waals surface area contributed by atoms with Crippen LogP contribution in [0.2, 0.25) is 0 Å². The summed E-state index contributed by atoms with van der Waals surface area (Å²) >= 11 is -4.20. The molecule has 0 unspecified atom stereocenters. The Hall–Kier alpha value is -0.770. The van der Waals surface area contributed by atoms with Crippen molar-refractivity contribution in [1.82, 2.24) is 0 Å². The molecular formula is C13H15ClF4IN3O. The van der Waals surface area contributed by atoms with E-state index in [9.17, 15) is 22.7 Å². The van der Waals surface area contributed by atoms with Crippen LogP contribution in [0.5, 0.6) is 0 Å². The number of halogens is 6. The fourth-order valence-electron chi connectivity index (χ4n) is 1.73. The van der Waals surface area contributed by atoms with Gasteiger partial charge in [0.05, 0.1) is 0 Å². The van der Waals surface area contributed by atoms with Gasteiger partial charge in [-0.3, -0.25) is 0 Å². The SMILES string of the molecule is CC(C)(O)c1ccccc1I(Cl)C(F)(F)C(F)(F)CCN=[N+]=[N-]. The average Bonchev–Trinajstić information content (AvgIpc) is 2.45. The zero-order chi connectivity index (χ0) is 17.9. The molecule has 0 fully saturated rings. The average molecular weight is 468 g/mol. The van der Waals surface area contributed by atoms with Crippen LogP contribution < -0.4 is 0 Å². The Morgan fingerprint density at radius 1 is 1.26 bits per heavy atom. The van der Waals surface area contributed by atoms with Gasteiger partial charge in [-0.25, -0.2) is 0 Å². The van der Waals surface area contributed by atoms with Crippen molar-refractivity contribution in [3.05, 3.63) is 43.8 Å². The van der Waals surface area contributed by atoms with Gasteiger partial charge < -0.3 is 0 Å². The van der Waals surface area contributed by atoms with Crippen LogP contribution in [0.1, 0.15) is 25.8 Å². The molecule has 0 saturated carbocycles. The number of rotatable bonds is 7. The number of aliphatic hydroxyl groups is 1. The molecule has 0 saturated heterocycles. The predicted molar refractivity (Wildman–Crippen MR) is 88.8 cm³/mol. The summed E-state index contributed by atoms with van der Waals surface area (Å²) in [7, 11) is 5.82. The van der Waals surface area contributed by atoms with Crippen LogP contribution in [0.25, 0.3) is 10.4 Å². The molecule has 130 valence electrons. The van der Waals surface area contributed by atoms with Crippen LogP contribution in [0.15, 0.2) is 29.4 Å². The second-order valence-corrected chi connectivity index (χ2v) is 11.0. The topological polar surface area (TPSA) is 69.0 Å². The van der Waals surface area contributed by atoms with Crippen molar-refractivity contribution in [2.45, 2.75) is 35.7 Å². The van der Waals surface area contributed by atoms with E-state index in [1.54, 1.807) is 0 Å². The monoisotopic (exact) mass is 467 g/mol. The van der Waals surface area contributed by atoms with E-state index in [0.717, 1.165) is 0 Å². The Bertz CT molecular complexity index is 603. The summed E-state index contributed by atoms with van der Waals surface area (Å²) in [5.74, 6) is -4.40. The Morgan fingerprint density at radius 2 is 1.83 bits per heavy atom. The van der Waals surface area contributed by atoms with Gasteiger partial charge in [-0.2, -0.15) is 0 Å². The molecule has 0 aliphatic carbocycles. The van der Waals surface area contributed by atoms with Crippen LogP contribution in [0, 0.1) is 3.57 Å². The summed E-state index contributed by atoms with van der Waals surface area (Å²) in [5, 5.41) is 12.9. The van der Waals surface area contributed by atoms with E-state index < -0.39 is 47.1 Å². The van der Waals surface area contributed by atoms with Crippen molar-refractivity contribution in [2.75, 3.05) is 6.54 Å². The summed E-state index contributed by atoms with van der Waals surface area (Å²) in [6.07, 6.45) is -1.30. The van der Waals surface area contributed by atoms with Crippen molar-refractivity contribution >= 4 is 27.6 Å². The number of alkyl halides is 5. The molecule has 0 spiro atoms. The first kappa shape index (κ1) is 20.3. The Kier molecular flexibility index (Phi) is 6.54. The second kappa shape index (κ2) is 7.42. The van der Waals surface area contributed by atoms with Gasteiger partial charge in [-0.1, -0.05) is 0 Å². The molecule has 10 heteroatoms. The van der Waals surface area contributed by atoms with E-state index in [4.69, 9.17) is 14.4 Å². The summed E-state index contributed by atoms with van der Waals surface area (Å²) in [5.41, 5.74) is 6.68. The molecule has 0 aliphatic rings. The molecular weight excluding hydrogens is 453 g/mol. The van der Waals surface area contributed by atoms with Gasteiger partial charge in [0, 0.05) is 0 Å². The van der Waals surface area contributed by atoms with Crippen LogP contribution in [0.4, 0.5) is 17.6 Å². The van der Waals surface area contributed by atoms with Crippen molar-refractivity contribution in [1.29, 1.82) is 0 Å². The normalized spacial score (nSPS) is 13.5. The zero-order valence-corrected chi connectivity index (χ0v) is 15.2. The summed E-state index contributed by atoms with van der Waals surface area (Å²) in [6, 6.07) is 5.54. The zero-order valence-electron chi connectivity index (χ0n) is 12.3. The molecule has 0 atom stereocenters. The molecule has 4 nitrogen and oxygen atoms in total. The fourth-order valence-corrected chi connectivity index (χ4v) is 6.83. The minimum absolute atomic E-state index is 0.103. The Balaban J connectivity index is 3.21. The molecule has 1 N–H and O–H groups in total. The minimum atomic E-state index is -4.44. The van der Waals surface area contributed by atoms with Gasteiger partial charge in [-0.15, -0.1) is 0 Å². The van der Waals surface area contributed by atoms with Gasteiger partial charge in [0.1, 0.15) is 0 Å². The number of hydrogen-bond donors (Lipinski definition) is 1. The summed E-state index contributed by atoms with van der Waals surface area (Å²) in [6.45, 7) is 1.97. The molecule has 0 aliphatic heterocycles. The molecule has 1 rings (SSSR count). The number of nitrogens with zero attached hydrogens (tertiary/aromatic N) is 3. The third-order valence-electron chi connectivity index (χ3n) is 2.92. The van der Waals surface area contributed by atoms with E-state index in [1.807, 2.05) is 0 Å². The first-order valence-electron chi connectivity index (χ1n) is 6.40. The second-order valence-electron chi connectivity index (χ2n) is 5.18. The van der Waals surface area contributed by atoms with Gasteiger partial charge >= 0.3 is 141 Å². The molecule has 0 radical (unpaired) electrons. The van der Waals surface area contributed by atoms with Gasteiger partial charge in [0.15, 0.2) is 0 Å². The van der Waals surface area contributed by atoms with Gasteiger partial charge in [0.25, 0.3) is 0 Å². The molecule has 0 heterocycles. The summed E-state index contributed by atoms with van der Waals surface area (Å²) in [4.78, 5) is 2.26. The van der Waals surface area contributed by atoms with Crippen molar-refractivity contribution in [2.24, 2.45) is 5.11 Å². The maximum atomic E-state index is 14.2. The van der Waals surface area contributed by atoms with Crippen LogP contribution in [0.3, 0.4) is 0 Å². The molecule has 1 aromatic rings. The van der Waals surface area contributed by atoms with Crippen molar-refractivity contribution < 1.29 is 22.7 Å². The van der Waals surface area contributed by atoms with Crippen LogP contribution >= 0.6 is 27.6 Å². The third-order valence-corrected chi connectivity index (χ3v) is 9.10. The standard InChI is InChI=1S/C13H15ClF4IN3O/c1-11(2,23)9-5-3-4-6-10(9)19(14)13(17,18)12(15,16)7-8-21-22-20/h3-6,23H,7-8H2,1-2H3. The predicted octanol–water partition coefficient (Wildman–Crippen LogP) is 5.67. The molecule has 1 aromatic carbocycles. The van der Waals surface area contributed by atoms with Crippen molar-refractivity contribution in [3.63, 3.8) is 0 Å². The first-order valence-corrected chi connectivity index (χ1v) is 11.3. The van der Waals surface area contributed by atoms with E-state index in [0.29, 0.717) is 0 Å². The van der Waals surface area contributed by atoms with E-state index in [-0.39, 0.29) is 9.13 Å². The fraction of sp³-hybridized carbons (Fsp3) is 0.538. The number of azide groups is 1.